The lowest BCUT2D eigenvalue weighted by Gasteiger charge is -2.16. The number of methoxy groups -OCH3 is 2. The van der Waals surface area contributed by atoms with Crippen LogP contribution in [0, 0.1) is 0 Å². The minimum absolute atomic E-state index is 0.0945. The van der Waals surface area contributed by atoms with Crippen molar-refractivity contribution in [1.82, 2.24) is 0 Å². The Morgan fingerprint density at radius 1 is 1.40 bits per heavy atom. The molecule has 0 saturated carbocycles. The Morgan fingerprint density at radius 3 is 2.80 bits per heavy atom. The average molecular weight is 281 g/mol. The number of ether oxygens (including phenoxy) is 3. The van der Waals surface area contributed by atoms with E-state index in [0.717, 1.165) is 17.9 Å². The van der Waals surface area contributed by atoms with E-state index in [1.165, 1.54) is 0 Å². The molecule has 1 aromatic rings. The third kappa shape index (κ3) is 3.33. The van der Waals surface area contributed by atoms with Crippen LogP contribution in [0.25, 0.3) is 0 Å². The van der Waals surface area contributed by atoms with Crippen LogP contribution in [0.1, 0.15) is 12.8 Å². The van der Waals surface area contributed by atoms with Gasteiger partial charge in [0.05, 0.1) is 26.0 Å². The van der Waals surface area contributed by atoms with Crippen LogP contribution in [0.5, 0.6) is 11.5 Å². The van der Waals surface area contributed by atoms with Gasteiger partial charge < -0.3 is 24.6 Å². The molecule has 1 aliphatic rings. The highest BCUT2D eigenvalue weighted by atomic mass is 16.5. The van der Waals surface area contributed by atoms with Crippen LogP contribution in [-0.4, -0.2) is 44.0 Å². The monoisotopic (exact) mass is 281 g/mol. The van der Waals surface area contributed by atoms with E-state index < -0.39 is 12.1 Å². The van der Waals surface area contributed by atoms with Crippen molar-refractivity contribution in [3.05, 3.63) is 18.2 Å². The Labute approximate surface area is 117 Å². The number of hydrogen-bond acceptors (Lipinski definition) is 5. The van der Waals surface area contributed by atoms with E-state index in [9.17, 15) is 4.79 Å². The van der Waals surface area contributed by atoms with Gasteiger partial charge in [-0.1, -0.05) is 0 Å². The summed E-state index contributed by atoms with van der Waals surface area (Å²) in [5, 5.41) is 12.1. The maximum Gasteiger partial charge on any atom is 0.332 e. The number of carboxylic acid groups (broad SMARTS) is 1. The number of rotatable bonds is 6. The molecule has 1 saturated heterocycles. The number of anilines is 1. The lowest BCUT2D eigenvalue weighted by atomic mass is 10.2. The second-order valence-corrected chi connectivity index (χ2v) is 4.61. The molecule has 0 radical (unpaired) electrons. The molecule has 6 nitrogen and oxygen atoms in total. The Bertz CT molecular complexity index is 477. The Balaban J connectivity index is 1.93. The van der Waals surface area contributed by atoms with Crippen molar-refractivity contribution in [3.63, 3.8) is 0 Å². The lowest BCUT2D eigenvalue weighted by Crippen LogP contribution is -2.24. The molecule has 6 heteroatoms. The quantitative estimate of drug-likeness (QED) is 0.827. The highest BCUT2D eigenvalue weighted by Gasteiger charge is 2.30. The molecule has 1 heterocycles. The Kier molecular flexibility index (Phi) is 4.68. The van der Waals surface area contributed by atoms with Crippen molar-refractivity contribution in [2.24, 2.45) is 0 Å². The van der Waals surface area contributed by atoms with Crippen LogP contribution in [0.4, 0.5) is 5.69 Å². The fourth-order valence-electron chi connectivity index (χ4n) is 2.21. The van der Waals surface area contributed by atoms with Gasteiger partial charge in [0.25, 0.3) is 0 Å². The first kappa shape index (κ1) is 14.5. The summed E-state index contributed by atoms with van der Waals surface area (Å²) in [6, 6.07) is 5.49. The van der Waals surface area contributed by atoms with Crippen molar-refractivity contribution >= 4 is 11.7 Å². The zero-order chi connectivity index (χ0) is 14.5. The average Bonchev–Trinajstić information content (AvgIpc) is 2.94. The summed E-state index contributed by atoms with van der Waals surface area (Å²) in [4.78, 5) is 10.8. The first-order chi connectivity index (χ1) is 9.63. The molecule has 2 unspecified atom stereocenters. The molecule has 0 amide bonds. The lowest BCUT2D eigenvalue weighted by molar-refractivity contribution is -0.149. The molecular formula is C14H19NO5. The smallest absolute Gasteiger partial charge is 0.332 e. The second kappa shape index (κ2) is 6.47. The zero-order valence-corrected chi connectivity index (χ0v) is 11.6. The summed E-state index contributed by atoms with van der Waals surface area (Å²) in [5.74, 6) is 0.502. The van der Waals surface area contributed by atoms with Crippen LogP contribution in [0.3, 0.4) is 0 Å². The first-order valence-electron chi connectivity index (χ1n) is 6.48. The van der Waals surface area contributed by atoms with E-state index in [0.29, 0.717) is 18.7 Å². The summed E-state index contributed by atoms with van der Waals surface area (Å²) < 4.78 is 15.9. The van der Waals surface area contributed by atoms with Gasteiger partial charge in [-0.05, 0) is 25.0 Å². The number of carbonyl (C=O) groups is 1. The molecular weight excluding hydrogens is 262 g/mol. The van der Waals surface area contributed by atoms with Crippen LogP contribution in [0.15, 0.2) is 18.2 Å². The van der Waals surface area contributed by atoms with Crippen molar-refractivity contribution < 1.29 is 24.1 Å². The molecule has 0 spiro atoms. The summed E-state index contributed by atoms with van der Waals surface area (Å²) in [5.41, 5.74) is 0.829. The number of hydrogen-bond donors (Lipinski definition) is 2. The molecule has 20 heavy (non-hydrogen) atoms. The van der Waals surface area contributed by atoms with Crippen LogP contribution in [0.2, 0.25) is 0 Å². The number of nitrogens with one attached hydrogen (secondary N) is 1. The van der Waals surface area contributed by atoms with Gasteiger partial charge in [-0.2, -0.15) is 0 Å². The van der Waals surface area contributed by atoms with Crippen LogP contribution < -0.4 is 14.8 Å². The van der Waals surface area contributed by atoms with Gasteiger partial charge in [0, 0.05) is 12.6 Å². The van der Waals surface area contributed by atoms with Gasteiger partial charge in [0.2, 0.25) is 0 Å². The van der Waals surface area contributed by atoms with Crippen molar-refractivity contribution in [2.45, 2.75) is 25.0 Å². The molecule has 2 rings (SSSR count). The molecule has 0 bridgehead atoms. The third-order valence-corrected chi connectivity index (χ3v) is 3.31. The predicted molar refractivity (Wildman–Crippen MR) is 73.6 cm³/mol. The standard InChI is InChI=1S/C14H19NO5/c1-18-9-3-5-11(13(7-9)19-2)15-8-10-4-6-12(20-10)14(16)17/h3,5,7,10,12,15H,4,6,8H2,1-2H3,(H,16,17). The third-order valence-electron chi connectivity index (χ3n) is 3.31. The van der Waals surface area contributed by atoms with Crippen LogP contribution >= 0.6 is 0 Å². The van der Waals surface area contributed by atoms with E-state index >= 15 is 0 Å². The summed E-state index contributed by atoms with van der Waals surface area (Å²) in [7, 11) is 3.19. The number of benzene rings is 1. The fraction of sp³-hybridized carbons (Fsp3) is 0.500. The SMILES string of the molecule is COc1ccc(NCC2CCC(C(=O)O)O2)c(OC)c1. The van der Waals surface area contributed by atoms with Crippen LogP contribution in [-0.2, 0) is 9.53 Å². The van der Waals surface area contributed by atoms with Gasteiger partial charge in [-0.25, -0.2) is 4.79 Å². The molecule has 1 fully saturated rings. The minimum atomic E-state index is -0.894. The Hall–Kier alpha value is -1.95. The molecule has 1 aliphatic heterocycles. The van der Waals surface area contributed by atoms with Gasteiger partial charge in [0.15, 0.2) is 6.10 Å². The summed E-state index contributed by atoms with van der Waals surface area (Å²) >= 11 is 0. The van der Waals surface area contributed by atoms with Gasteiger partial charge in [0.1, 0.15) is 11.5 Å². The second-order valence-electron chi connectivity index (χ2n) is 4.61. The molecule has 110 valence electrons. The van der Waals surface area contributed by atoms with E-state index in [1.807, 2.05) is 12.1 Å². The number of carboxylic acids is 1. The molecule has 2 N–H and O–H groups in total. The predicted octanol–water partition coefficient (Wildman–Crippen LogP) is 1.75. The number of aliphatic carboxylic acids is 1. The maximum atomic E-state index is 10.8. The first-order valence-corrected chi connectivity index (χ1v) is 6.48. The summed E-state index contributed by atoms with van der Waals surface area (Å²) in [6.45, 7) is 0.548. The van der Waals surface area contributed by atoms with Gasteiger partial charge >= 0.3 is 5.97 Å². The van der Waals surface area contributed by atoms with Gasteiger partial charge in [-0.3, -0.25) is 0 Å². The van der Waals surface area contributed by atoms with Crippen molar-refractivity contribution in [2.75, 3.05) is 26.1 Å². The van der Waals surface area contributed by atoms with Crippen molar-refractivity contribution in [1.29, 1.82) is 0 Å². The van der Waals surface area contributed by atoms with E-state index in [1.54, 1.807) is 20.3 Å². The van der Waals surface area contributed by atoms with E-state index in [2.05, 4.69) is 5.32 Å². The normalized spacial score (nSPS) is 21.5. The molecule has 0 aliphatic carbocycles. The zero-order valence-electron chi connectivity index (χ0n) is 11.6. The van der Waals surface area contributed by atoms with E-state index in [-0.39, 0.29) is 6.10 Å². The largest absolute Gasteiger partial charge is 0.497 e. The maximum absolute atomic E-state index is 10.8. The molecule has 2 atom stereocenters. The molecule has 0 aromatic heterocycles. The highest BCUT2D eigenvalue weighted by Crippen LogP contribution is 2.29. The summed E-state index contributed by atoms with van der Waals surface area (Å²) in [6.07, 6.45) is 0.520. The van der Waals surface area contributed by atoms with Crippen molar-refractivity contribution in [3.8, 4) is 11.5 Å². The topological polar surface area (TPSA) is 77.0 Å². The minimum Gasteiger partial charge on any atom is -0.497 e. The fourth-order valence-corrected chi connectivity index (χ4v) is 2.21. The van der Waals surface area contributed by atoms with E-state index in [4.69, 9.17) is 19.3 Å². The Morgan fingerprint density at radius 2 is 2.20 bits per heavy atom. The molecule has 1 aromatic carbocycles. The highest BCUT2D eigenvalue weighted by molar-refractivity contribution is 5.72. The van der Waals surface area contributed by atoms with Gasteiger partial charge in [-0.15, -0.1) is 0 Å².